The fourth-order valence-electron chi connectivity index (χ4n) is 5.52. The van der Waals surface area contributed by atoms with E-state index < -0.39 is 29.4 Å². The average molecular weight is 367 g/mol. The zero-order valence-corrected chi connectivity index (χ0v) is 19.2. The summed E-state index contributed by atoms with van der Waals surface area (Å²) in [4.78, 5) is 0. The molecule has 1 unspecified atom stereocenters. The first kappa shape index (κ1) is 22.3. The van der Waals surface area contributed by atoms with Crippen LogP contribution in [0.5, 0.6) is 0 Å². The summed E-state index contributed by atoms with van der Waals surface area (Å²) < 4.78 is 30.8. The van der Waals surface area contributed by atoms with Crippen LogP contribution in [0.4, 0.5) is 0 Å². The summed E-state index contributed by atoms with van der Waals surface area (Å²) in [6.07, 6.45) is 2.08. The molecular weight excluding hydrogens is 328 g/mol. The number of rotatable bonds is 9. The predicted octanol–water partition coefficient (Wildman–Crippen LogP) is 4.44. The van der Waals surface area contributed by atoms with Crippen molar-refractivity contribution in [2.45, 2.75) is 83.1 Å². The molecule has 0 aromatic rings. The highest BCUT2D eigenvalue weighted by Gasteiger charge is 2.64. The van der Waals surface area contributed by atoms with Crippen LogP contribution in [0.2, 0.25) is 30.7 Å². The average Bonchev–Trinajstić information content (AvgIpc) is 2.24. The minimum Gasteiger partial charge on any atom is -0.382 e. The zero-order chi connectivity index (χ0) is 18.0. The highest BCUT2D eigenvalue weighted by Crippen LogP contribution is 2.51. The molecule has 134 valence electrons. The lowest BCUT2D eigenvalue weighted by molar-refractivity contribution is 0.142. The molecule has 0 aliphatic heterocycles. The Morgan fingerprint density at radius 2 is 1.45 bits per heavy atom. The van der Waals surface area contributed by atoms with Crippen molar-refractivity contribution in [2.75, 3.05) is 19.5 Å². The van der Waals surface area contributed by atoms with Gasteiger partial charge in [-0.25, -0.2) is 8.42 Å². The van der Waals surface area contributed by atoms with Crippen LogP contribution >= 0.6 is 0 Å². The highest BCUT2D eigenvalue weighted by molar-refractivity contribution is 7.95. The van der Waals surface area contributed by atoms with Crippen LogP contribution in [0.15, 0.2) is 0 Å². The first-order chi connectivity index (χ1) is 9.70. The molecule has 0 saturated carbocycles. The quantitative estimate of drug-likeness (QED) is 0.447. The lowest BCUT2D eigenvalue weighted by atomic mass is 10.3. The predicted molar refractivity (Wildman–Crippen MR) is 104 cm³/mol. The topological polar surface area (TPSA) is 43.4 Å². The zero-order valence-electron chi connectivity index (χ0n) is 16.4. The van der Waals surface area contributed by atoms with Crippen LogP contribution in [0, 0.1) is 0 Å². The number of ether oxygens (including phenoxy) is 1. The van der Waals surface area contributed by atoms with Crippen molar-refractivity contribution in [3.8, 4) is 0 Å². The van der Waals surface area contributed by atoms with Crippen LogP contribution in [0.1, 0.15) is 48.0 Å². The summed E-state index contributed by atoms with van der Waals surface area (Å²) in [6, 6.07) is 0. The Morgan fingerprint density at radius 3 is 1.68 bits per heavy atom. The second kappa shape index (κ2) is 7.49. The van der Waals surface area contributed by atoms with Gasteiger partial charge in [0.05, 0.1) is 12.0 Å². The van der Waals surface area contributed by atoms with E-state index in [9.17, 15) is 8.42 Å². The Labute approximate surface area is 141 Å². The first-order valence-corrected chi connectivity index (χ1v) is 17.0. The highest BCUT2D eigenvalue weighted by atomic mass is 32.2. The third-order valence-corrected chi connectivity index (χ3v) is 30.9. The molecule has 0 aromatic carbocycles. The summed E-state index contributed by atoms with van der Waals surface area (Å²) in [5.41, 5.74) is 0.890. The molecule has 22 heavy (non-hydrogen) atoms. The number of sulfone groups is 1. The van der Waals surface area contributed by atoms with Gasteiger partial charge >= 0.3 is 0 Å². The van der Waals surface area contributed by atoms with Gasteiger partial charge < -0.3 is 4.74 Å². The maximum atomic E-state index is 13.0. The van der Waals surface area contributed by atoms with Crippen molar-refractivity contribution < 1.29 is 13.2 Å². The van der Waals surface area contributed by atoms with Crippen molar-refractivity contribution in [1.29, 1.82) is 0 Å². The van der Waals surface area contributed by atoms with Gasteiger partial charge in [-0.3, -0.25) is 0 Å². The molecule has 3 nitrogen and oxygen atoms in total. The molecule has 0 aliphatic rings. The van der Waals surface area contributed by atoms with Crippen molar-refractivity contribution in [3.63, 3.8) is 0 Å². The van der Waals surface area contributed by atoms with E-state index in [1.54, 1.807) is 0 Å². The summed E-state index contributed by atoms with van der Waals surface area (Å²) in [5, 5.41) is 0. The lowest BCUT2D eigenvalue weighted by Crippen LogP contribution is -2.76. The first-order valence-electron chi connectivity index (χ1n) is 8.47. The summed E-state index contributed by atoms with van der Waals surface area (Å²) in [6.45, 7) is 21.4. The smallest absolute Gasteiger partial charge is 0.150 e. The number of hydrogen-bond acceptors (Lipinski definition) is 3. The van der Waals surface area contributed by atoms with Crippen LogP contribution in [0.25, 0.3) is 0 Å². The Hall–Kier alpha value is 0.344. The fourth-order valence-corrected chi connectivity index (χ4v) is 39.1. The molecule has 0 spiro atoms. The van der Waals surface area contributed by atoms with E-state index >= 15 is 0 Å². The maximum Gasteiger partial charge on any atom is 0.150 e. The van der Waals surface area contributed by atoms with Gasteiger partial charge in [-0.05, 0) is 20.3 Å². The molecule has 0 fully saturated rings. The monoisotopic (exact) mass is 366 g/mol. The molecule has 0 heterocycles. The molecular formula is C16H38O3SSi2. The molecule has 0 aliphatic carbocycles. The SMILES string of the molecule is CCOCCC(C)([Si](C(C)C)(C(C)C)[Si](C)(C)C)S(C)(=O)=O. The summed E-state index contributed by atoms with van der Waals surface area (Å²) in [5.74, 6) is 0. The van der Waals surface area contributed by atoms with Gasteiger partial charge in [-0.2, -0.15) is 0 Å². The summed E-state index contributed by atoms with van der Waals surface area (Å²) in [7, 11) is -6.94. The Balaban J connectivity index is 6.44. The molecule has 0 N–H and O–H groups in total. The van der Waals surface area contributed by atoms with Gasteiger partial charge in [0.15, 0.2) is 0 Å². The van der Waals surface area contributed by atoms with Gasteiger partial charge in [0, 0.05) is 27.1 Å². The van der Waals surface area contributed by atoms with Crippen LogP contribution in [-0.4, -0.2) is 47.4 Å². The molecule has 0 amide bonds. The van der Waals surface area contributed by atoms with E-state index in [1.165, 1.54) is 6.26 Å². The van der Waals surface area contributed by atoms with E-state index in [0.29, 0.717) is 30.7 Å². The normalized spacial score (nSPS) is 17.1. The second-order valence-electron chi connectivity index (χ2n) is 8.38. The molecule has 6 heteroatoms. The van der Waals surface area contributed by atoms with E-state index in [-0.39, 0.29) is 0 Å². The Kier molecular flexibility index (Phi) is 7.61. The third kappa shape index (κ3) is 3.70. The molecule has 0 bridgehead atoms. The van der Waals surface area contributed by atoms with Gasteiger partial charge in [-0.15, -0.1) is 0 Å². The molecule has 0 aromatic heterocycles. The van der Waals surface area contributed by atoms with Crippen molar-refractivity contribution >= 4 is 25.0 Å². The van der Waals surface area contributed by atoms with E-state index in [4.69, 9.17) is 4.74 Å². The lowest BCUT2D eigenvalue weighted by Gasteiger charge is -2.58. The second-order valence-corrected chi connectivity index (χ2v) is 27.8. The van der Waals surface area contributed by atoms with Crippen molar-refractivity contribution in [1.82, 2.24) is 0 Å². The van der Waals surface area contributed by atoms with Crippen LogP contribution < -0.4 is 0 Å². The van der Waals surface area contributed by atoms with Gasteiger partial charge in [0.2, 0.25) is 0 Å². The van der Waals surface area contributed by atoms with E-state index in [1.807, 2.05) is 13.8 Å². The van der Waals surface area contributed by atoms with Crippen LogP contribution in [-0.2, 0) is 14.6 Å². The minimum atomic E-state index is -3.16. The van der Waals surface area contributed by atoms with Crippen molar-refractivity contribution in [2.24, 2.45) is 0 Å². The summed E-state index contributed by atoms with van der Waals surface area (Å²) >= 11 is 0. The standard InChI is InChI=1S/C16H38O3SSi2/c1-11-19-13-12-16(6,20(7,17)18)22(14(2)3,15(4)5)21(8,9)10/h14-15H,11-13H2,1-10H3. The fraction of sp³-hybridized carbons (Fsp3) is 1.00. The molecule has 1 atom stereocenters. The maximum absolute atomic E-state index is 13.0. The van der Waals surface area contributed by atoms with Crippen molar-refractivity contribution in [3.05, 3.63) is 0 Å². The van der Waals surface area contributed by atoms with Gasteiger partial charge in [0.25, 0.3) is 0 Å². The molecule has 0 rings (SSSR count). The number of hydrogen-bond donors (Lipinski definition) is 0. The third-order valence-electron chi connectivity index (χ3n) is 5.68. The molecule has 0 radical (unpaired) electrons. The van der Waals surface area contributed by atoms with E-state index in [2.05, 4.69) is 47.3 Å². The van der Waals surface area contributed by atoms with Gasteiger partial charge in [-0.1, -0.05) is 58.4 Å². The van der Waals surface area contributed by atoms with Crippen LogP contribution in [0.3, 0.4) is 0 Å². The Morgan fingerprint density at radius 1 is 1.05 bits per heavy atom. The van der Waals surface area contributed by atoms with E-state index in [0.717, 1.165) is 0 Å². The molecule has 0 saturated heterocycles. The minimum absolute atomic E-state index is 0.445. The Bertz CT molecular complexity index is 445. The van der Waals surface area contributed by atoms with Gasteiger partial charge in [0.1, 0.15) is 9.84 Å². The largest absolute Gasteiger partial charge is 0.382 e.